The van der Waals surface area contributed by atoms with Crippen LogP contribution in [0.25, 0.3) is 11.1 Å². The van der Waals surface area contributed by atoms with Crippen molar-refractivity contribution in [1.29, 1.82) is 0 Å². The van der Waals surface area contributed by atoms with Gasteiger partial charge in [0, 0.05) is 37.4 Å². The van der Waals surface area contributed by atoms with Crippen LogP contribution in [0.1, 0.15) is 123 Å². The Bertz CT molecular complexity index is 2260. The Morgan fingerprint density at radius 1 is 0.609 bits per heavy atom. The van der Waals surface area contributed by atoms with Crippen molar-refractivity contribution in [3.05, 3.63) is 76.4 Å². The van der Waals surface area contributed by atoms with Gasteiger partial charge in [-0.1, -0.05) is 18.2 Å². The standard InChI is InChI=1S/C46H61F2N7O9/c1-27-24-32(29-18-22-55(23-19-29)38(52-41(59)63-45(8,9)10)53-42(60)64-46(11,12)13)34(48)26-35(27)49-36(56)31-15-14-30(25-33(31)47)28-16-20-54(21-17-28)37(50-39(57)61-43(2,3)4)51-40(58)62-44(5,6)7/h14-16,18,24-26H,17,19-23H2,1-13H3,(H,49,56)(H,50,51,57,58)(H,52,53,59,60). The lowest BCUT2D eigenvalue weighted by atomic mass is 9.96. The maximum Gasteiger partial charge on any atom is 0.437 e. The van der Waals surface area contributed by atoms with Gasteiger partial charge < -0.3 is 34.1 Å². The van der Waals surface area contributed by atoms with Crippen LogP contribution in [0.4, 0.5) is 33.6 Å². The summed E-state index contributed by atoms with van der Waals surface area (Å²) in [6.07, 6.45) is 0.788. The van der Waals surface area contributed by atoms with Gasteiger partial charge in [0.05, 0.1) is 5.56 Å². The van der Waals surface area contributed by atoms with E-state index < -0.39 is 64.3 Å². The lowest BCUT2D eigenvalue weighted by Gasteiger charge is -2.30. The van der Waals surface area contributed by atoms with E-state index in [0.717, 1.165) is 5.57 Å². The van der Waals surface area contributed by atoms with Gasteiger partial charge in [-0.05, 0) is 149 Å². The molecule has 5 amide bonds. The first-order valence-electron chi connectivity index (χ1n) is 20.9. The summed E-state index contributed by atoms with van der Waals surface area (Å²) >= 11 is 0. The van der Waals surface area contributed by atoms with Crippen molar-refractivity contribution in [2.75, 3.05) is 31.5 Å². The molecule has 2 aromatic rings. The van der Waals surface area contributed by atoms with Crippen molar-refractivity contribution < 1.29 is 51.7 Å². The van der Waals surface area contributed by atoms with Gasteiger partial charge in [-0.3, -0.25) is 15.4 Å². The number of alkyl carbamates (subject to hydrolysis) is 2. The average Bonchev–Trinajstić information content (AvgIpc) is 3.12. The molecule has 4 rings (SSSR count). The third kappa shape index (κ3) is 15.8. The number of benzene rings is 2. The fraction of sp³-hybridized carbons (Fsp3) is 0.500. The second-order valence-electron chi connectivity index (χ2n) is 19.2. The maximum atomic E-state index is 15.7. The zero-order valence-corrected chi connectivity index (χ0v) is 39.0. The van der Waals surface area contributed by atoms with Crippen LogP contribution in [-0.4, -0.2) is 101 Å². The van der Waals surface area contributed by atoms with Crippen LogP contribution in [-0.2, 0) is 18.9 Å². The first-order chi connectivity index (χ1) is 29.4. The van der Waals surface area contributed by atoms with Gasteiger partial charge in [0.1, 0.15) is 34.0 Å². The highest BCUT2D eigenvalue weighted by atomic mass is 19.1. The Kier molecular flexibility index (Phi) is 15.7. The number of nitrogens with zero attached hydrogens (tertiary/aromatic N) is 4. The predicted octanol–water partition coefficient (Wildman–Crippen LogP) is 9.34. The minimum absolute atomic E-state index is 0.0655. The molecule has 2 heterocycles. The molecule has 0 spiro atoms. The van der Waals surface area contributed by atoms with E-state index in [4.69, 9.17) is 18.9 Å². The van der Waals surface area contributed by atoms with E-state index in [1.807, 2.05) is 0 Å². The molecule has 0 fully saturated rings. The smallest absolute Gasteiger partial charge is 0.437 e. The van der Waals surface area contributed by atoms with E-state index in [9.17, 15) is 24.0 Å². The van der Waals surface area contributed by atoms with Crippen molar-refractivity contribution >= 4 is 59.0 Å². The molecule has 2 aromatic carbocycles. The Morgan fingerprint density at radius 3 is 1.47 bits per heavy atom. The van der Waals surface area contributed by atoms with Gasteiger partial charge in [0.15, 0.2) is 0 Å². The van der Waals surface area contributed by atoms with Crippen LogP contribution in [0, 0.1) is 18.6 Å². The number of hydrogen-bond acceptors (Lipinski definition) is 9. The molecule has 2 aliphatic rings. The summed E-state index contributed by atoms with van der Waals surface area (Å²) in [7, 11) is 0. The minimum Gasteiger partial charge on any atom is -0.444 e. The minimum atomic E-state index is -0.909. The van der Waals surface area contributed by atoms with Gasteiger partial charge >= 0.3 is 24.4 Å². The fourth-order valence-electron chi connectivity index (χ4n) is 6.27. The van der Waals surface area contributed by atoms with Crippen LogP contribution in [0.5, 0.6) is 0 Å². The number of carbonyl (C=O) groups is 5. The summed E-state index contributed by atoms with van der Waals surface area (Å²) in [5.74, 6) is -2.34. The molecule has 64 heavy (non-hydrogen) atoms. The Morgan fingerprint density at radius 2 is 1.06 bits per heavy atom. The first-order valence-corrected chi connectivity index (χ1v) is 20.9. The molecular formula is C46H61F2N7O9. The van der Waals surface area contributed by atoms with Crippen LogP contribution >= 0.6 is 0 Å². The highest BCUT2D eigenvalue weighted by molar-refractivity contribution is 6.05. The number of nitrogens with one attached hydrogen (secondary N) is 3. The first kappa shape index (κ1) is 50.3. The number of halogens is 2. The van der Waals surface area contributed by atoms with Gasteiger partial charge in [-0.15, -0.1) is 9.98 Å². The van der Waals surface area contributed by atoms with E-state index in [1.165, 1.54) is 18.2 Å². The Labute approximate surface area is 373 Å². The molecule has 348 valence electrons. The third-order valence-electron chi connectivity index (χ3n) is 8.92. The number of guanidine groups is 2. The molecule has 0 radical (unpaired) electrons. The summed E-state index contributed by atoms with van der Waals surface area (Å²) in [5.41, 5.74) is -0.614. The summed E-state index contributed by atoms with van der Waals surface area (Å²) in [4.78, 5) is 75.1. The van der Waals surface area contributed by atoms with Crippen molar-refractivity contribution in [1.82, 2.24) is 20.4 Å². The number of aryl methyl sites for hydroxylation is 1. The van der Waals surface area contributed by atoms with E-state index in [1.54, 1.807) is 124 Å². The summed E-state index contributed by atoms with van der Waals surface area (Å²) in [6.45, 7) is 22.9. The summed E-state index contributed by atoms with van der Waals surface area (Å²) in [5, 5.41) is 7.70. The van der Waals surface area contributed by atoms with Gasteiger partial charge in [-0.2, -0.15) is 0 Å². The SMILES string of the molecule is Cc1cc(C2=CCN(/C(=N/C(=O)OC(C)(C)C)NC(=O)OC(C)(C)C)CC2)c(F)cc1NC(=O)c1ccc(C2=CCN(/C(=N/C(=O)OC(C)(C)C)NC(=O)OC(C)(C)C)CC2)cc1F. The van der Waals surface area contributed by atoms with Gasteiger partial charge in [0.2, 0.25) is 11.9 Å². The molecule has 0 aliphatic carbocycles. The second kappa shape index (κ2) is 20.0. The Balaban J connectivity index is 1.46. The molecule has 0 atom stereocenters. The number of aliphatic imine (C=N–C) groups is 2. The van der Waals surface area contributed by atoms with Crippen molar-refractivity contribution in [2.45, 2.75) is 125 Å². The van der Waals surface area contributed by atoms with Crippen molar-refractivity contribution in [3.8, 4) is 0 Å². The number of rotatable bonds is 4. The van der Waals surface area contributed by atoms with Crippen LogP contribution in [0.2, 0.25) is 0 Å². The Hall–Kier alpha value is -6.33. The summed E-state index contributed by atoms with van der Waals surface area (Å²) < 4.78 is 52.7. The van der Waals surface area contributed by atoms with E-state index in [-0.39, 0.29) is 49.3 Å². The highest BCUT2D eigenvalue weighted by Gasteiger charge is 2.28. The topological polar surface area (TPSA) is 190 Å². The lowest BCUT2D eigenvalue weighted by Crippen LogP contribution is -2.48. The summed E-state index contributed by atoms with van der Waals surface area (Å²) in [6, 6.07) is 6.97. The molecular weight excluding hydrogens is 833 g/mol. The fourth-order valence-corrected chi connectivity index (χ4v) is 6.27. The number of ether oxygens (including phenoxy) is 4. The van der Waals surface area contributed by atoms with E-state index in [2.05, 4.69) is 25.9 Å². The molecule has 3 N–H and O–H groups in total. The molecule has 2 aliphatic heterocycles. The quantitative estimate of drug-likeness (QED) is 0.151. The van der Waals surface area contributed by atoms with Gasteiger partial charge in [-0.25, -0.2) is 28.0 Å². The van der Waals surface area contributed by atoms with Gasteiger partial charge in [0.25, 0.3) is 5.91 Å². The lowest BCUT2D eigenvalue weighted by molar-refractivity contribution is 0.0536. The number of carbonyl (C=O) groups excluding carboxylic acids is 5. The molecule has 0 bridgehead atoms. The predicted molar refractivity (Wildman–Crippen MR) is 240 cm³/mol. The van der Waals surface area contributed by atoms with Crippen LogP contribution in [0.15, 0.2) is 52.5 Å². The molecule has 0 saturated carbocycles. The molecule has 0 saturated heterocycles. The normalized spacial score (nSPS) is 15.4. The third-order valence-corrected chi connectivity index (χ3v) is 8.92. The van der Waals surface area contributed by atoms with Crippen LogP contribution < -0.4 is 16.0 Å². The number of amides is 5. The maximum absolute atomic E-state index is 15.7. The van der Waals surface area contributed by atoms with E-state index >= 15 is 8.78 Å². The number of anilines is 1. The highest BCUT2D eigenvalue weighted by Crippen LogP contribution is 2.31. The zero-order chi connectivity index (χ0) is 47.9. The molecule has 0 aromatic heterocycles. The molecule has 18 heteroatoms. The second-order valence-corrected chi connectivity index (χ2v) is 19.2. The van der Waals surface area contributed by atoms with E-state index in [0.29, 0.717) is 35.1 Å². The number of hydrogen-bond donors (Lipinski definition) is 3. The van der Waals surface area contributed by atoms with Crippen LogP contribution in [0.3, 0.4) is 0 Å². The van der Waals surface area contributed by atoms with Crippen molar-refractivity contribution in [3.63, 3.8) is 0 Å². The molecule has 16 nitrogen and oxygen atoms in total. The zero-order valence-electron chi connectivity index (χ0n) is 39.0. The van der Waals surface area contributed by atoms with Crippen molar-refractivity contribution in [2.24, 2.45) is 9.98 Å². The average molecular weight is 894 g/mol. The molecule has 0 unspecified atom stereocenters. The largest absolute Gasteiger partial charge is 0.444 e. The monoisotopic (exact) mass is 893 g/mol.